The average molecular weight is 343 g/mol. The second-order valence-corrected chi connectivity index (χ2v) is 6.14. The van der Waals surface area contributed by atoms with Gasteiger partial charge in [-0.15, -0.1) is 0 Å². The van der Waals surface area contributed by atoms with E-state index in [-0.39, 0.29) is 36.5 Å². The Kier molecular flexibility index (Phi) is 4.69. The third-order valence-corrected chi connectivity index (χ3v) is 4.40. The molecule has 1 aromatic heterocycles. The number of amides is 2. The van der Waals surface area contributed by atoms with Crippen molar-refractivity contribution in [3.05, 3.63) is 46.6 Å². The van der Waals surface area contributed by atoms with Gasteiger partial charge < -0.3 is 10.2 Å². The van der Waals surface area contributed by atoms with Crippen molar-refractivity contribution in [3.8, 4) is 0 Å². The predicted octanol–water partition coefficient (Wildman–Crippen LogP) is 0.586. The smallest absolute Gasteiger partial charge is 0.345 e. The van der Waals surface area contributed by atoms with Gasteiger partial charge in [0, 0.05) is 32.6 Å². The molecular formula is C17H21N5O3. The summed E-state index contributed by atoms with van der Waals surface area (Å²) in [5.74, 6) is -0.152. The highest BCUT2D eigenvalue weighted by atomic mass is 16.2. The number of nitrogens with one attached hydrogen (secondary N) is 1. The van der Waals surface area contributed by atoms with Crippen molar-refractivity contribution in [2.75, 3.05) is 11.4 Å². The lowest BCUT2D eigenvalue weighted by Gasteiger charge is -2.34. The Morgan fingerprint density at radius 2 is 2.08 bits per heavy atom. The van der Waals surface area contributed by atoms with E-state index in [1.165, 1.54) is 15.6 Å². The average Bonchev–Trinajstić information content (AvgIpc) is 2.92. The fourth-order valence-corrected chi connectivity index (χ4v) is 3.09. The van der Waals surface area contributed by atoms with Crippen molar-refractivity contribution in [3.63, 3.8) is 0 Å². The van der Waals surface area contributed by atoms with Crippen LogP contribution in [0.5, 0.6) is 0 Å². The quantitative estimate of drug-likeness (QED) is 0.880. The minimum Gasteiger partial charge on any atom is -0.349 e. The van der Waals surface area contributed by atoms with Gasteiger partial charge in [0.15, 0.2) is 0 Å². The molecule has 1 N–H and O–H groups in total. The summed E-state index contributed by atoms with van der Waals surface area (Å²) in [6.07, 6.45) is 2.26. The second kappa shape index (κ2) is 6.92. The van der Waals surface area contributed by atoms with E-state index in [1.807, 2.05) is 24.3 Å². The first-order chi connectivity index (χ1) is 12.0. The Bertz CT molecular complexity index is 854. The maximum Gasteiger partial charge on any atom is 0.345 e. The lowest BCUT2D eigenvalue weighted by atomic mass is 9.96. The molecule has 0 aliphatic carbocycles. The fraction of sp³-hybridized carbons (Fsp3) is 0.412. The maximum atomic E-state index is 12.3. The molecule has 1 atom stereocenters. The number of benzene rings is 1. The molecule has 8 heteroatoms. The lowest BCUT2D eigenvalue weighted by molar-refractivity contribution is -0.122. The molecule has 8 nitrogen and oxygen atoms in total. The van der Waals surface area contributed by atoms with Crippen LogP contribution < -0.4 is 15.9 Å². The standard InChI is InChI=1S/C17H21N5O3/c1-12(23)21-9-7-14(13-5-3-4-6-15(13)21)19-16(24)8-10-22-17(25)20(2)11-18-22/h3-6,11,14H,7-10H2,1-2H3,(H,19,24). The molecule has 0 radical (unpaired) electrons. The number of para-hydroxylation sites is 1. The number of aromatic nitrogens is 3. The largest absolute Gasteiger partial charge is 0.349 e. The minimum atomic E-state index is -0.243. The van der Waals surface area contributed by atoms with Crippen LogP contribution in [0.25, 0.3) is 0 Å². The van der Waals surface area contributed by atoms with Crippen LogP contribution in [-0.4, -0.2) is 32.7 Å². The summed E-state index contributed by atoms with van der Waals surface area (Å²) < 4.78 is 2.64. The second-order valence-electron chi connectivity index (χ2n) is 6.14. The van der Waals surface area contributed by atoms with Gasteiger partial charge in [-0.2, -0.15) is 5.10 Å². The summed E-state index contributed by atoms with van der Waals surface area (Å²) in [6.45, 7) is 2.34. The number of carbonyl (C=O) groups excluding carboxylic acids is 2. The Labute approximate surface area is 145 Å². The zero-order valence-electron chi connectivity index (χ0n) is 14.3. The number of fused-ring (bicyclic) bond motifs is 1. The zero-order chi connectivity index (χ0) is 18.0. The number of carbonyl (C=O) groups is 2. The summed E-state index contributed by atoms with van der Waals surface area (Å²) >= 11 is 0. The van der Waals surface area contributed by atoms with Gasteiger partial charge in [-0.1, -0.05) is 18.2 Å². The van der Waals surface area contributed by atoms with Crippen LogP contribution in [-0.2, 0) is 23.2 Å². The van der Waals surface area contributed by atoms with Crippen molar-refractivity contribution in [1.82, 2.24) is 19.7 Å². The zero-order valence-corrected chi connectivity index (χ0v) is 14.3. The topological polar surface area (TPSA) is 89.2 Å². The van der Waals surface area contributed by atoms with Crippen LogP contribution in [0.3, 0.4) is 0 Å². The number of nitrogens with zero attached hydrogens (tertiary/aromatic N) is 4. The molecule has 1 aliphatic heterocycles. The van der Waals surface area contributed by atoms with Crippen molar-refractivity contribution in [1.29, 1.82) is 0 Å². The highest BCUT2D eigenvalue weighted by Gasteiger charge is 2.27. The van der Waals surface area contributed by atoms with Crippen molar-refractivity contribution < 1.29 is 9.59 Å². The highest BCUT2D eigenvalue weighted by molar-refractivity contribution is 5.93. The molecule has 0 spiro atoms. The van der Waals surface area contributed by atoms with E-state index < -0.39 is 0 Å². The van der Waals surface area contributed by atoms with Gasteiger partial charge in [-0.25, -0.2) is 9.48 Å². The molecule has 0 saturated carbocycles. The molecule has 0 fully saturated rings. The summed E-state index contributed by atoms with van der Waals surface area (Å²) in [4.78, 5) is 37.5. The van der Waals surface area contributed by atoms with Gasteiger partial charge in [0.2, 0.25) is 11.8 Å². The van der Waals surface area contributed by atoms with Crippen LogP contribution >= 0.6 is 0 Å². The third-order valence-electron chi connectivity index (χ3n) is 4.40. The molecule has 2 amide bonds. The number of hydrogen-bond acceptors (Lipinski definition) is 4. The third kappa shape index (κ3) is 3.47. The van der Waals surface area contributed by atoms with Crippen LogP contribution in [0, 0.1) is 0 Å². The minimum absolute atomic E-state index is 0.00764. The van der Waals surface area contributed by atoms with Crippen molar-refractivity contribution in [2.45, 2.75) is 32.4 Å². The summed E-state index contributed by atoms with van der Waals surface area (Å²) in [6, 6.07) is 7.46. The molecule has 1 aromatic carbocycles. The van der Waals surface area contributed by atoms with E-state index in [0.717, 1.165) is 11.3 Å². The number of aryl methyl sites for hydroxylation is 2. The Hall–Kier alpha value is -2.90. The molecule has 0 bridgehead atoms. The first-order valence-corrected chi connectivity index (χ1v) is 8.22. The van der Waals surface area contributed by atoms with Gasteiger partial charge in [-0.3, -0.25) is 14.2 Å². The Morgan fingerprint density at radius 3 is 2.76 bits per heavy atom. The van der Waals surface area contributed by atoms with E-state index in [0.29, 0.717) is 13.0 Å². The first kappa shape index (κ1) is 16.9. The molecule has 1 aliphatic rings. The van der Waals surface area contributed by atoms with Crippen LogP contribution in [0.1, 0.15) is 31.4 Å². The number of rotatable bonds is 4. The monoisotopic (exact) mass is 343 g/mol. The predicted molar refractivity (Wildman–Crippen MR) is 92.1 cm³/mol. The van der Waals surface area contributed by atoms with E-state index in [1.54, 1.807) is 18.9 Å². The first-order valence-electron chi connectivity index (χ1n) is 8.22. The van der Waals surface area contributed by atoms with E-state index in [4.69, 9.17) is 0 Å². The van der Waals surface area contributed by atoms with E-state index in [9.17, 15) is 14.4 Å². The summed E-state index contributed by atoms with van der Waals surface area (Å²) in [5, 5.41) is 6.95. The van der Waals surface area contributed by atoms with Gasteiger partial charge in [0.25, 0.3) is 0 Å². The van der Waals surface area contributed by atoms with Crippen LogP contribution in [0.2, 0.25) is 0 Å². The van der Waals surface area contributed by atoms with Gasteiger partial charge in [0.05, 0.1) is 12.6 Å². The highest BCUT2D eigenvalue weighted by Crippen LogP contribution is 2.33. The molecule has 0 saturated heterocycles. The summed E-state index contributed by atoms with van der Waals surface area (Å²) in [5.41, 5.74) is 1.53. The van der Waals surface area contributed by atoms with E-state index in [2.05, 4.69) is 10.4 Å². The van der Waals surface area contributed by atoms with Gasteiger partial charge in [-0.05, 0) is 18.1 Å². The number of anilines is 1. The van der Waals surface area contributed by atoms with E-state index >= 15 is 0 Å². The molecule has 3 rings (SSSR count). The van der Waals surface area contributed by atoms with Gasteiger partial charge in [0.1, 0.15) is 6.33 Å². The fourth-order valence-electron chi connectivity index (χ4n) is 3.09. The van der Waals surface area contributed by atoms with Gasteiger partial charge >= 0.3 is 5.69 Å². The summed E-state index contributed by atoms with van der Waals surface area (Å²) in [7, 11) is 1.62. The Morgan fingerprint density at radius 1 is 1.32 bits per heavy atom. The Balaban J connectivity index is 1.67. The lowest BCUT2D eigenvalue weighted by Crippen LogP contribution is -2.40. The molecular weight excluding hydrogens is 322 g/mol. The van der Waals surface area contributed by atoms with Crippen LogP contribution in [0.4, 0.5) is 5.69 Å². The van der Waals surface area contributed by atoms with Crippen LogP contribution in [0.15, 0.2) is 35.4 Å². The molecule has 2 aromatic rings. The molecule has 25 heavy (non-hydrogen) atoms. The maximum absolute atomic E-state index is 12.3. The molecule has 1 unspecified atom stereocenters. The SMILES string of the molecule is CC(=O)N1CCC(NC(=O)CCn2ncn(C)c2=O)c2ccccc21. The molecule has 2 heterocycles. The normalized spacial score (nSPS) is 16.4. The van der Waals surface area contributed by atoms with Crippen molar-refractivity contribution >= 4 is 17.5 Å². The van der Waals surface area contributed by atoms with Crippen molar-refractivity contribution in [2.24, 2.45) is 7.05 Å². The molecule has 132 valence electrons. The number of hydrogen-bond donors (Lipinski definition) is 1.